The number of hydrogen-bond acceptors (Lipinski definition) is 2. The van der Waals surface area contributed by atoms with Crippen LogP contribution in [0.4, 0.5) is 13.2 Å². The Morgan fingerprint density at radius 1 is 1.36 bits per heavy atom. The summed E-state index contributed by atoms with van der Waals surface area (Å²) in [6.07, 6.45) is 0.742. The maximum atomic E-state index is 12.9. The molecular formula is C6H6F3NO. The predicted octanol–water partition coefficient (Wildman–Crippen LogP) is 0.946. The molecule has 0 saturated heterocycles. The molecule has 0 aromatic rings. The van der Waals surface area contributed by atoms with Crippen LogP contribution < -0.4 is 0 Å². The van der Waals surface area contributed by atoms with Crippen LogP contribution in [0.2, 0.25) is 0 Å². The lowest BCUT2D eigenvalue weighted by Crippen LogP contribution is -2.46. The number of aldehydes is 1. The number of hydrogen-bond donors (Lipinski definition) is 0. The monoisotopic (exact) mass is 165 g/mol. The van der Waals surface area contributed by atoms with E-state index in [4.69, 9.17) is 0 Å². The van der Waals surface area contributed by atoms with E-state index in [-0.39, 0.29) is 11.2 Å². The lowest BCUT2D eigenvalue weighted by atomic mass is 10.3. The Kier molecular flexibility index (Phi) is 1.56. The molecule has 0 aromatic carbocycles. The van der Waals surface area contributed by atoms with E-state index in [2.05, 4.69) is 0 Å². The summed E-state index contributed by atoms with van der Waals surface area (Å²) in [5.74, 6) is -2.65. The molecule has 1 heterocycles. The van der Waals surface area contributed by atoms with Gasteiger partial charge in [0.25, 0.3) is 0 Å². The summed E-state index contributed by atoms with van der Waals surface area (Å²) in [5.41, 5.74) is 0. The van der Waals surface area contributed by atoms with Gasteiger partial charge in [-0.25, -0.2) is 9.29 Å². The maximum absolute atomic E-state index is 12.9. The normalized spacial score (nSPS) is 36.0. The Morgan fingerprint density at radius 3 is 2.09 bits per heavy atom. The third kappa shape index (κ3) is 1.05. The Balaban J connectivity index is 2.96. The molecule has 1 aliphatic rings. The van der Waals surface area contributed by atoms with Crippen LogP contribution in [-0.4, -0.2) is 30.1 Å². The van der Waals surface area contributed by atoms with E-state index in [0.29, 0.717) is 12.2 Å². The van der Waals surface area contributed by atoms with Crippen molar-refractivity contribution in [3.63, 3.8) is 0 Å². The molecule has 5 heteroatoms. The molecular weight excluding hydrogens is 159 g/mol. The minimum atomic E-state index is -3.37. The zero-order valence-electron chi connectivity index (χ0n) is 5.72. The van der Waals surface area contributed by atoms with Gasteiger partial charge in [-0.15, -0.1) is 0 Å². The fourth-order valence-electron chi connectivity index (χ4n) is 0.788. The second-order valence-electron chi connectivity index (χ2n) is 2.33. The zero-order valence-corrected chi connectivity index (χ0v) is 5.72. The highest BCUT2D eigenvalue weighted by Gasteiger charge is 2.50. The summed E-state index contributed by atoms with van der Waals surface area (Å²) in [4.78, 5) is 10.1. The van der Waals surface area contributed by atoms with Gasteiger partial charge in [0.05, 0.1) is 0 Å². The third-order valence-corrected chi connectivity index (χ3v) is 1.64. The summed E-state index contributed by atoms with van der Waals surface area (Å²) in [5, 5.41) is 0. The number of likely N-dealkylation sites (N-methyl/N-ethyl adjacent to an activating group) is 1. The second-order valence-corrected chi connectivity index (χ2v) is 2.33. The van der Waals surface area contributed by atoms with Crippen molar-refractivity contribution in [3.05, 3.63) is 12.2 Å². The Bertz CT molecular complexity index is 216. The average Bonchev–Trinajstić information content (AvgIpc) is 2.16. The number of halogens is 3. The van der Waals surface area contributed by atoms with E-state index in [1.165, 1.54) is 0 Å². The van der Waals surface area contributed by atoms with Gasteiger partial charge in [0.1, 0.15) is 0 Å². The van der Waals surface area contributed by atoms with Crippen molar-refractivity contribution < 1.29 is 18.0 Å². The first-order valence-electron chi connectivity index (χ1n) is 2.90. The number of carbonyl (C=O) groups excluding carboxylic acids is 1. The average molecular weight is 165 g/mol. The van der Waals surface area contributed by atoms with Crippen molar-refractivity contribution in [2.45, 2.75) is 11.8 Å². The van der Waals surface area contributed by atoms with Gasteiger partial charge >= 0.3 is 6.05 Å². The highest BCUT2D eigenvalue weighted by molar-refractivity contribution is 5.66. The van der Waals surface area contributed by atoms with Gasteiger partial charge in [-0.05, 0) is 13.1 Å². The largest absolute Gasteiger partial charge is 0.327 e. The van der Waals surface area contributed by atoms with Crippen molar-refractivity contribution in [1.29, 1.82) is 0 Å². The topological polar surface area (TPSA) is 20.3 Å². The first-order chi connectivity index (χ1) is 4.92. The van der Waals surface area contributed by atoms with Crippen molar-refractivity contribution in [1.82, 2.24) is 4.90 Å². The molecule has 1 atom stereocenters. The summed E-state index contributed by atoms with van der Waals surface area (Å²) in [6, 6.07) is -3.37. The smallest absolute Gasteiger partial charge is 0.298 e. The number of carbonyl (C=O) groups is 1. The van der Waals surface area contributed by atoms with Gasteiger partial charge < -0.3 is 0 Å². The van der Waals surface area contributed by atoms with E-state index in [1.54, 1.807) is 0 Å². The van der Waals surface area contributed by atoms with Crippen molar-refractivity contribution in [3.8, 4) is 0 Å². The third-order valence-electron chi connectivity index (χ3n) is 1.64. The molecule has 1 rings (SSSR count). The van der Waals surface area contributed by atoms with Crippen molar-refractivity contribution in [2.24, 2.45) is 0 Å². The summed E-state index contributed by atoms with van der Waals surface area (Å²) < 4.78 is 37.8. The van der Waals surface area contributed by atoms with Crippen LogP contribution in [0.5, 0.6) is 0 Å². The van der Waals surface area contributed by atoms with Gasteiger partial charge in [-0.2, -0.15) is 8.78 Å². The summed E-state index contributed by atoms with van der Waals surface area (Å²) >= 11 is 0. The molecule has 0 amide bonds. The van der Waals surface area contributed by atoms with Crippen LogP contribution in [0.1, 0.15) is 0 Å². The second kappa shape index (κ2) is 2.07. The Morgan fingerprint density at radius 2 is 1.91 bits per heavy atom. The van der Waals surface area contributed by atoms with Crippen LogP contribution in [0.3, 0.4) is 0 Å². The molecule has 1 aliphatic heterocycles. The van der Waals surface area contributed by atoms with Gasteiger partial charge in [0.15, 0.2) is 6.29 Å². The molecule has 0 N–H and O–H groups in total. The van der Waals surface area contributed by atoms with Crippen LogP contribution in [0.25, 0.3) is 0 Å². The summed E-state index contributed by atoms with van der Waals surface area (Å²) in [6.45, 7) is 0. The summed E-state index contributed by atoms with van der Waals surface area (Å²) in [7, 11) is 0.842. The van der Waals surface area contributed by atoms with Gasteiger partial charge in [-0.3, -0.25) is 4.79 Å². The maximum Gasteiger partial charge on any atom is 0.327 e. The van der Waals surface area contributed by atoms with E-state index in [0.717, 1.165) is 7.05 Å². The zero-order chi connectivity index (χ0) is 8.70. The van der Waals surface area contributed by atoms with Crippen molar-refractivity contribution in [2.75, 3.05) is 7.05 Å². The molecule has 11 heavy (non-hydrogen) atoms. The van der Waals surface area contributed by atoms with Gasteiger partial charge in [-0.1, -0.05) is 0 Å². The molecule has 2 nitrogen and oxygen atoms in total. The minimum absolute atomic E-state index is 0.0625. The fraction of sp³-hybridized carbons (Fsp3) is 0.500. The van der Waals surface area contributed by atoms with Crippen LogP contribution >= 0.6 is 0 Å². The molecule has 62 valence electrons. The molecule has 0 saturated carbocycles. The van der Waals surface area contributed by atoms with Crippen molar-refractivity contribution >= 4 is 6.29 Å². The lowest BCUT2D eigenvalue weighted by molar-refractivity contribution is -0.158. The molecule has 0 spiro atoms. The minimum Gasteiger partial charge on any atom is -0.298 e. The van der Waals surface area contributed by atoms with Crippen LogP contribution in [-0.2, 0) is 4.79 Å². The highest BCUT2D eigenvalue weighted by Crippen LogP contribution is 2.35. The Hall–Kier alpha value is -0.840. The van der Waals surface area contributed by atoms with E-state index in [9.17, 15) is 18.0 Å². The number of rotatable bonds is 1. The SMILES string of the molecule is CN1C(F)(F)C=CC1(F)C=O. The van der Waals surface area contributed by atoms with E-state index >= 15 is 0 Å². The molecule has 0 aliphatic carbocycles. The van der Waals surface area contributed by atoms with Gasteiger partial charge in [0, 0.05) is 6.08 Å². The first kappa shape index (κ1) is 8.26. The Labute approximate surface area is 61.3 Å². The highest BCUT2D eigenvalue weighted by atomic mass is 19.3. The predicted molar refractivity (Wildman–Crippen MR) is 31.8 cm³/mol. The molecule has 0 fully saturated rings. The quantitative estimate of drug-likeness (QED) is 0.327. The van der Waals surface area contributed by atoms with Gasteiger partial charge in [0.2, 0.25) is 5.79 Å². The molecule has 0 radical (unpaired) electrons. The molecule has 0 bridgehead atoms. The standard InChI is InChI=1S/C6H6F3NO/c1-10-5(7,4-11)2-3-6(10,8)9/h2-4H,1H3. The van der Waals surface area contributed by atoms with Crippen LogP contribution in [0, 0.1) is 0 Å². The molecule has 0 aromatic heterocycles. The first-order valence-corrected chi connectivity index (χ1v) is 2.90. The molecule has 1 unspecified atom stereocenters. The van der Waals surface area contributed by atoms with E-state index in [1.807, 2.05) is 0 Å². The lowest BCUT2D eigenvalue weighted by Gasteiger charge is -2.25. The number of alkyl halides is 3. The van der Waals surface area contributed by atoms with E-state index < -0.39 is 11.8 Å². The van der Waals surface area contributed by atoms with Crippen LogP contribution in [0.15, 0.2) is 12.2 Å². The number of nitrogens with zero attached hydrogens (tertiary/aromatic N) is 1. The fourth-order valence-corrected chi connectivity index (χ4v) is 0.788.